The van der Waals surface area contributed by atoms with Gasteiger partial charge < -0.3 is 20.5 Å². The number of aryl methyl sites for hydroxylation is 1. The Morgan fingerprint density at radius 2 is 2.07 bits per heavy atom. The third kappa shape index (κ3) is 3.40. The van der Waals surface area contributed by atoms with Crippen LogP contribution in [0.4, 0.5) is 17.6 Å². The number of benzene rings is 1. The molecule has 0 bridgehead atoms. The summed E-state index contributed by atoms with van der Waals surface area (Å²) in [5.41, 5.74) is 9.91. The van der Waals surface area contributed by atoms with Crippen LogP contribution in [0.15, 0.2) is 36.7 Å². The van der Waals surface area contributed by atoms with E-state index in [1.165, 1.54) is 5.56 Å². The standard InChI is InChI=1S/C20H23N7O/c1-12(2)13-5-4-6-15(7-13)23-18(28)17-10-26(3)20(25-17)27-9-14-8-22-19(21)24-16(14)11-27/h4-8,10,12H,9,11H2,1-3H3,(H,23,28)(H2,21,22,24). The van der Waals surface area contributed by atoms with E-state index in [9.17, 15) is 4.79 Å². The molecule has 0 spiro atoms. The van der Waals surface area contributed by atoms with E-state index < -0.39 is 0 Å². The van der Waals surface area contributed by atoms with Crippen molar-refractivity contribution in [2.75, 3.05) is 16.0 Å². The lowest BCUT2D eigenvalue weighted by Crippen LogP contribution is -2.19. The molecule has 1 aromatic carbocycles. The SMILES string of the molecule is CC(C)c1cccc(NC(=O)c2cn(C)c(N3Cc4cnc(N)nc4C3)n2)c1. The molecule has 1 amide bonds. The number of amides is 1. The molecule has 8 nitrogen and oxygen atoms in total. The van der Waals surface area contributed by atoms with E-state index in [2.05, 4.69) is 45.1 Å². The van der Waals surface area contributed by atoms with Gasteiger partial charge in [0.25, 0.3) is 5.91 Å². The Hall–Kier alpha value is -3.42. The zero-order chi connectivity index (χ0) is 19.8. The largest absolute Gasteiger partial charge is 0.368 e. The van der Waals surface area contributed by atoms with Gasteiger partial charge in [0.2, 0.25) is 11.9 Å². The van der Waals surface area contributed by atoms with Gasteiger partial charge in [-0.1, -0.05) is 26.0 Å². The van der Waals surface area contributed by atoms with Crippen LogP contribution in [0.3, 0.4) is 0 Å². The van der Waals surface area contributed by atoms with Crippen molar-refractivity contribution in [2.24, 2.45) is 7.05 Å². The smallest absolute Gasteiger partial charge is 0.275 e. The number of hydrogen-bond donors (Lipinski definition) is 2. The first-order chi connectivity index (χ1) is 13.4. The highest BCUT2D eigenvalue weighted by atomic mass is 16.1. The third-order valence-electron chi connectivity index (χ3n) is 4.85. The zero-order valence-corrected chi connectivity index (χ0v) is 16.2. The first-order valence-electron chi connectivity index (χ1n) is 9.20. The summed E-state index contributed by atoms with van der Waals surface area (Å²) in [7, 11) is 1.88. The maximum Gasteiger partial charge on any atom is 0.275 e. The third-order valence-corrected chi connectivity index (χ3v) is 4.85. The van der Waals surface area contributed by atoms with E-state index in [0.717, 1.165) is 16.9 Å². The van der Waals surface area contributed by atoms with Gasteiger partial charge in [0.1, 0.15) is 5.69 Å². The Labute approximate surface area is 163 Å². The average molecular weight is 377 g/mol. The Morgan fingerprint density at radius 3 is 2.86 bits per heavy atom. The topological polar surface area (TPSA) is 102 Å². The Bertz CT molecular complexity index is 1040. The van der Waals surface area contributed by atoms with Crippen molar-refractivity contribution in [2.45, 2.75) is 32.9 Å². The quantitative estimate of drug-likeness (QED) is 0.725. The first kappa shape index (κ1) is 18.0. The molecule has 0 unspecified atom stereocenters. The van der Waals surface area contributed by atoms with Crippen molar-refractivity contribution in [3.8, 4) is 0 Å². The number of nitrogens with two attached hydrogens (primary N) is 1. The first-order valence-corrected chi connectivity index (χ1v) is 9.20. The molecule has 1 aliphatic heterocycles. The minimum absolute atomic E-state index is 0.233. The summed E-state index contributed by atoms with van der Waals surface area (Å²) in [6.07, 6.45) is 3.48. The second-order valence-corrected chi connectivity index (χ2v) is 7.33. The minimum atomic E-state index is -0.233. The number of rotatable bonds is 4. The molecule has 3 N–H and O–H groups in total. The lowest BCUT2D eigenvalue weighted by molar-refractivity contribution is 0.102. The molecule has 144 valence electrons. The van der Waals surface area contributed by atoms with Crippen LogP contribution < -0.4 is 16.0 Å². The molecule has 28 heavy (non-hydrogen) atoms. The number of anilines is 3. The van der Waals surface area contributed by atoms with Crippen molar-refractivity contribution < 1.29 is 4.79 Å². The molecule has 4 rings (SSSR count). The average Bonchev–Trinajstić information content (AvgIpc) is 3.24. The molecule has 0 aliphatic carbocycles. The minimum Gasteiger partial charge on any atom is -0.368 e. The monoisotopic (exact) mass is 377 g/mol. The lowest BCUT2D eigenvalue weighted by Gasteiger charge is -2.15. The zero-order valence-electron chi connectivity index (χ0n) is 16.2. The van der Waals surface area contributed by atoms with Crippen LogP contribution in [0.1, 0.15) is 47.1 Å². The number of aromatic nitrogens is 4. The Morgan fingerprint density at radius 1 is 1.25 bits per heavy atom. The molecule has 0 saturated carbocycles. The van der Waals surface area contributed by atoms with E-state index in [1.54, 1.807) is 12.4 Å². The fourth-order valence-electron chi connectivity index (χ4n) is 3.34. The molecule has 0 radical (unpaired) electrons. The fraction of sp³-hybridized carbons (Fsp3) is 0.300. The van der Waals surface area contributed by atoms with Crippen LogP contribution in [0.25, 0.3) is 0 Å². The second kappa shape index (κ2) is 6.95. The number of nitrogen functional groups attached to an aromatic ring is 1. The molecule has 3 heterocycles. The van der Waals surface area contributed by atoms with Gasteiger partial charge in [0.05, 0.1) is 12.2 Å². The van der Waals surface area contributed by atoms with E-state index >= 15 is 0 Å². The van der Waals surface area contributed by atoms with Gasteiger partial charge in [-0.15, -0.1) is 0 Å². The van der Waals surface area contributed by atoms with E-state index in [0.29, 0.717) is 30.6 Å². The highest BCUT2D eigenvalue weighted by Gasteiger charge is 2.25. The number of carbonyl (C=O) groups excluding carboxylic acids is 1. The summed E-state index contributed by atoms with van der Waals surface area (Å²) in [6.45, 7) is 5.47. The van der Waals surface area contributed by atoms with Crippen LogP contribution >= 0.6 is 0 Å². The predicted molar refractivity (Wildman–Crippen MR) is 108 cm³/mol. The number of fused-ring (bicyclic) bond motifs is 1. The summed E-state index contributed by atoms with van der Waals surface area (Å²) in [4.78, 5) is 27.6. The van der Waals surface area contributed by atoms with Crippen LogP contribution in [0.2, 0.25) is 0 Å². The second-order valence-electron chi connectivity index (χ2n) is 7.33. The molecule has 2 aromatic heterocycles. The summed E-state index contributed by atoms with van der Waals surface area (Å²) in [5, 5.41) is 2.94. The molecular formula is C20H23N7O. The Kier molecular flexibility index (Phi) is 4.46. The van der Waals surface area contributed by atoms with Gasteiger partial charge in [0, 0.05) is 37.2 Å². The number of nitrogens with one attached hydrogen (secondary N) is 1. The number of carbonyl (C=O) groups is 1. The van der Waals surface area contributed by atoms with Crippen LogP contribution in [-0.4, -0.2) is 25.4 Å². The highest BCUT2D eigenvalue weighted by molar-refractivity contribution is 6.03. The summed E-state index contributed by atoms with van der Waals surface area (Å²) < 4.78 is 1.85. The Balaban J connectivity index is 1.52. The molecule has 8 heteroatoms. The van der Waals surface area contributed by atoms with E-state index in [-0.39, 0.29) is 11.9 Å². The van der Waals surface area contributed by atoms with Gasteiger partial charge >= 0.3 is 0 Å². The van der Waals surface area contributed by atoms with Crippen molar-refractivity contribution in [1.82, 2.24) is 19.5 Å². The van der Waals surface area contributed by atoms with Gasteiger partial charge in [-0.3, -0.25) is 4.79 Å². The van der Waals surface area contributed by atoms with E-state index in [1.807, 2.05) is 29.8 Å². The number of hydrogen-bond acceptors (Lipinski definition) is 6. The van der Waals surface area contributed by atoms with Gasteiger partial charge in [-0.25, -0.2) is 15.0 Å². The number of nitrogens with zero attached hydrogens (tertiary/aromatic N) is 5. The maximum absolute atomic E-state index is 12.7. The molecule has 0 saturated heterocycles. The van der Waals surface area contributed by atoms with Crippen LogP contribution in [0, 0.1) is 0 Å². The maximum atomic E-state index is 12.7. The lowest BCUT2D eigenvalue weighted by atomic mass is 10.0. The van der Waals surface area contributed by atoms with Gasteiger partial charge in [-0.05, 0) is 23.6 Å². The number of imidazole rings is 1. The summed E-state index contributed by atoms with van der Waals surface area (Å²) in [6, 6.07) is 7.88. The van der Waals surface area contributed by atoms with Crippen molar-refractivity contribution >= 4 is 23.5 Å². The fourth-order valence-corrected chi connectivity index (χ4v) is 3.34. The van der Waals surface area contributed by atoms with Crippen LogP contribution in [-0.2, 0) is 20.1 Å². The van der Waals surface area contributed by atoms with Crippen molar-refractivity contribution in [1.29, 1.82) is 0 Å². The molecular weight excluding hydrogens is 354 g/mol. The van der Waals surface area contributed by atoms with E-state index in [4.69, 9.17) is 5.73 Å². The summed E-state index contributed by atoms with van der Waals surface area (Å²) >= 11 is 0. The molecule has 0 fully saturated rings. The normalized spacial score (nSPS) is 13.1. The molecule has 1 aliphatic rings. The van der Waals surface area contributed by atoms with Crippen molar-refractivity contribution in [3.63, 3.8) is 0 Å². The van der Waals surface area contributed by atoms with Crippen molar-refractivity contribution in [3.05, 3.63) is 59.2 Å². The van der Waals surface area contributed by atoms with Gasteiger partial charge in [0.15, 0.2) is 0 Å². The van der Waals surface area contributed by atoms with Gasteiger partial charge in [-0.2, -0.15) is 0 Å². The predicted octanol–water partition coefficient (Wildman–Crippen LogP) is 2.69. The summed E-state index contributed by atoms with van der Waals surface area (Å²) in [5.74, 6) is 1.14. The highest BCUT2D eigenvalue weighted by Crippen LogP contribution is 2.26. The van der Waals surface area contributed by atoms with Crippen LogP contribution in [0.5, 0.6) is 0 Å². The molecule has 0 atom stereocenters. The molecule has 3 aromatic rings.